The highest BCUT2D eigenvalue weighted by molar-refractivity contribution is 6.31. The number of nitrogens with zero attached hydrogens (tertiary/aromatic N) is 2. The molecule has 0 spiro atoms. The van der Waals surface area contributed by atoms with Gasteiger partial charge < -0.3 is 0 Å². The van der Waals surface area contributed by atoms with E-state index in [1.54, 1.807) is 7.05 Å². The van der Waals surface area contributed by atoms with Crippen LogP contribution in [0.2, 0.25) is 5.02 Å². The molecule has 0 aliphatic rings. The van der Waals surface area contributed by atoms with Crippen LogP contribution in [-0.2, 0) is 13.5 Å². The van der Waals surface area contributed by atoms with Crippen molar-refractivity contribution in [2.75, 3.05) is 0 Å². The molecule has 1 heterocycles. The molecule has 0 aliphatic carbocycles. The van der Waals surface area contributed by atoms with Gasteiger partial charge in [-0.2, -0.15) is 5.10 Å². The number of hydrogen-bond donors (Lipinski definition) is 0. The lowest BCUT2D eigenvalue weighted by molar-refractivity contribution is 0.697. The number of hydrogen-bond acceptors (Lipinski definition) is 2. The fourth-order valence-electron chi connectivity index (χ4n) is 2.49. The van der Waals surface area contributed by atoms with Crippen LogP contribution in [0, 0.1) is 6.92 Å². The summed E-state index contributed by atoms with van der Waals surface area (Å²) < 4.78 is 1.39. The Morgan fingerprint density at radius 3 is 2.67 bits per heavy atom. The molecule has 106 valence electrons. The predicted molar refractivity (Wildman–Crippen MR) is 86.0 cm³/mol. The molecule has 0 saturated carbocycles. The first-order valence-electron chi connectivity index (χ1n) is 6.76. The van der Waals surface area contributed by atoms with E-state index in [-0.39, 0.29) is 5.56 Å². The Labute approximate surface area is 127 Å². The van der Waals surface area contributed by atoms with E-state index in [1.165, 1.54) is 4.68 Å². The van der Waals surface area contributed by atoms with Gasteiger partial charge in [0, 0.05) is 23.9 Å². The molecule has 0 amide bonds. The Hall–Kier alpha value is -2.13. The quantitative estimate of drug-likeness (QED) is 0.726. The van der Waals surface area contributed by atoms with Crippen LogP contribution in [0.15, 0.2) is 47.3 Å². The summed E-state index contributed by atoms with van der Waals surface area (Å²) in [7, 11) is 1.68. The topological polar surface area (TPSA) is 34.9 Å². The Balaban J connectivity index is 2.23. The summed E-state index contributed by atoms with van der Waals surface area (Å²) in [6, 6.07) is 13.5. The third-order valence-electron chi connectivity index (χ3n) is 3.60. The Morgan fingerprint density at radius 2 is 1.90 bits per heavy atom. The third kappa shape index (κ3) is 2.57. The van der Waals surface area contributed by atoms with Crippen LogP contribution in [0.25, 0.3) is 10.8 Å². The number of aromatic nitrogens is 2. The number of benzene rings is 2. The summed E-state index contributed by atoms with van der Waals surface area (Å²) >= 11 is 6.23. The average molecular weight is 299 g/mol. The zero-order valence-corrected chi connectivity index (χ0v) is 12.7. The normalized spacial score (nSPS) is 11.0. The molecule has 3 rings (SSSR count). The monoisotopic (exact) mass is 298 g/mol. The highest BCUT2D eigenvalue weighted by Gasteiger charge is 2.11. The summed E-state index contributed by atoms with van der Waals surface area (Å²) in [5, 5.41) is 6.74. The lowest BCUT2D eigenvalue weighted by Gasteiger charge is -2.10. The van der Waals surface area contributed by atoms with Gasteiger partial charge in [-0.3, -0.25) is 4.79 Å². The Morgan fingerprint density at radius 1 is 1.14 bits per heavy atom. The van der Waals surface area contributed by atoms with Gasteiger partial charge in [0.1, 0.15) is 0 Å². The van der Waals surface area contributed by atoms with E-state index in [2.05, 4.69) is 5.10 Å². The second-order valence-corrected chi connectivity index (χ2v) is 5.60. The van der Waals surface area contributed by atoms with Crippen LogP contribution in [0.1, 0.15) is 16.8 Å². The van der Waals surface area contributed by atoms with Gasteiger partial charge in [0.25, 0.3) is 5.56 Å². The van der Waals surface area contributed by atoms with E-state index in [4.69, 9.17) is 11.6 Å². The van der Waals surface area contributed by atoms with Crippen LogP contribution >= 0.6 is 11.6 Å². The molecule has 0 radical (unpaired) electrons. The minimum atomic E-state index is -0.0760. The minimum Gasteiger partial charge on any atom is -0.267 e. The second kappa shape index (κ2) is 5.34. The van der Waals surface area contributed by atoms with Crippen molar-refractivity contribution in [3.05, 3.63) is 74.7 Å². The standard InChI is InChI=1S/C17H15ClN2O/c1-11-7-8-13-14(9-11)16(19-20(2)17(13)21)10-12-5-3-4-6-15(12)18/h3-9H,10H2,1-2H3. The van der Waals surface area contributed by atoms with E-state index < -0.39 is 0 Å². The van der Waals surface area contributed by atoms with Crippen molar-refractivity contribution in [3.8, 4) is 0 Å². The summed E-state index contributed by atoms with van der Waals surface area (Å²) in [6.07, 6.45) is 0.605. The third-order valence-corrected chi connectivity index (χ3v) is 3.97. The SMILES string of the molecule is Cc1ccc2c(=O)n(C)nc(Cc3ccccc3Cl)c2c1. The molecule has 3 aromatic rings. The molecule has 21 heavy (non-hydrogen) atoms. The molecule has 0 bridgehead atoms. The van der Waals surface area contributed by atoms with Gasteiger partial charge >= 0.3 is 0 Å². The smallest absolute Gasteiger partial charge is 0.267 e. The van der Waals surface area contributed by atoms with Crippen molar-refractivity contribution >= 4 is 22.4 Å². The zero-order valence-electron chi connectivity index (χ0n) is 11.9. The van der Waals surface area contributed by atoms with Gasteiger partial charge in [-0.25, -0.2) is 4.68 Å². The summed E-state index contributed by atoms with van der Waals surface area (Å²) in [5.74, 6) is 0. The summed E-state index contributed by atoms with van der Waals surface area (Å²) in [5.41, 5.74) is 2.91. The van der Waals surface area contributed by atoms with Crippen LogP contribution in [0.5, 0.6) is 0 Å². The lowest BCUT2D eigenvalue weighted by Crippen LogP contribution is -2.21. The predicted octanol–water partition coefficient (Wildman–Crippen LogP) is 3.49. The highest BCUT2D eigenvalue weighted by Crippen LogP contribution is 2.22. The number of aryl methyl sites for hydroxylation is 2. The van der Waals surface area contributed by atoms with Crippen molar-refractivity contribution in [2.45, 2.75) is 13.3 Å². The summed E-state index contributed by atoms with van der Waals surface area (Å²) in [4.78, 5) is 12.2. The maximum atomic E-state index is 12.2. The molecule has 4 heteroatoms. The average Bonchev–Trinajstić information content (AvgIpc) is 2.46. The van der Waals surface area contributed by atoms with Crippen LogP contribution in [-0.4, -0.2) is 9.78 Å². The van der Waals surface area contributed by atoms with E-state index >= 15 is 0 Å². The van der Waals surface area contributed by atoms with Gasteiger partial charge in [0.05, 0.1) is 11.1 Å². The van der Waals surface area contributed by atoms with Gasteiger partial charge in [-0.05, 0) is 30.7 Å². The second-order valence-electron chi connectivity index (χ2n) is 5.19. The molecular weight excluding hydrogens is 284 g/mol. The van der Waals surface area contributed by atoms with Crippen LogP contribution in [0.4, 0.5) is 0 Å². The van der Waals surface area contributed by atoms with Crippen molar-refractivity contribution in [1.82, 2.24) is 9.78 Å². The molecule has 0 N–H and O–H groups in total. The zero-order chi connectivity index (χ0) is 15.0. The van der Waals surface area contributed by atoms with Gasteiger partial charge in [-0.15, -0.1) is 0 Å². The van der Waals surface area contributed by atoms with Crippen molar-refractivity contribution in [3.63, 3.8) is 0 Å². The fourth-order valence-corrected chi connectivity index (χ4v) is 2.69. The van der Waals surface area contributed by atoms with Gasteiger partial charge in [-0.1, -0.05) is 41.4 Å². The molecular formula is C17H15ClN2O. The molecule has 1 aromatic heterocycles. The number of fused-ring (bicyclic) bond motifs is 1. The van der Waals surface area contributed by atoms with E-state index in [9.17, 15) is 4.79 Å². The molecule has 3 nitrogen and oxygen atoms in total. The molecule has 0 fully saturated rings. The maximum Gasteiger partial charge on any atom is 0.274 e. The van der Waals surface area contributed by atoms with Crippen molar-refractivity contribution < 1.29 is 0 Å². The lowest BCUT2D eigenvalue weighted by atomic mass is 10.0. The first-order valence-corrected chi connectivity index (χ1v) is 7.14. The molecule has 0 saturated heterocycles. The first-order chi connectivity index (χ1) is 10.1. The molecule has 0 aliphatic heterocycles. The van der Waals surface area contributed by atoms with Crippen LogP contribution < -0.4 is 5.56 Å². The Bertz CT molecular complexity index is 884. The van der Waals surface area contributed by atoms with Crippen molar-refractivity contribution in [1.29, 1.82) is 0 Å². The van der Waals surface area contributed by atoms with Crippen molar-refractivity contribution in [2.24, 2.45) is 7.05 Å². The fraction of sp³-hybridized carbons (Fsp3) is 0.176. The maximum absolute atomic E-state index is 12.2. The number of rotatable bonds is 2. The highest BCUT2D eigenvalue weighted by atomic mass is 35.5. The van der Waals surface area contributed by atoms with Gasteiger partial charge in [0.15, 0.2) is 0 Å². The first kappa shape index (κ1) is 13.8. The van der Waals surface area contributed by atoms with E-state index in [0.29, 0.717) is 16.8 Å². The molecule has 0 atom stereocenters. The Kier molecular flexibility index (Phi) is 3.52. The molecule has 0 unspecified atom stereocenters. The summed E-state index contributed by atoms with van der Waals surface area (Å²) in [6.45, 7) is 2.01. The van der Waals surface area contributed by atoms with E-state index in [0.717, 1.165) is 22.2 Å². The van der Waals surface area contributed by atoms with E-state index in [1.807, 2.05) is 49.4 Å². The van der Waals surface area contributed by atoms with Crippen LogP contribution in [0.3, 0.4) is 0 Å². The minimum absolute atomic E-state index is 0.0760. The van der Waals surface area contributed by atoms with Gasteiger partial charge in [0.2, 0.25) is 0 Å². The number of halogens is 1. The largest absolute Gasteiger partial charge is 0.274 e. The molecule has 2 aromatic carbocycles.